The number of methoxy groups -OCH3 is 1. The number of ether oxygens (including phenoxy) is 3. The number of amides is 2. The van der Waals surface area contributed by atoms with Crippen molar-refractivity contribution in [3.8, 4) is 0 Å². The largest absolute Gasteiger partial charge is 0.469 e. The number of hydrogen-bond acceptors (Lipinski definition) is 14. The highest BCUT2D eigenvalue weighted by Crippen LogP contribution is 2.44. The van der Waals surface area contributed by atoms with Gasteiger partial charge in [0, 0.05) is 79.1 Å². The number of carbonyl (C=O) groups excluding carboxylic acids is 3. The maximum Gasteiger partial charge on any atom is 0.305 e. The van der Waals surface area contributed by atoms with Crippen molar-refractivity contribution in [2.45, 2.75) is 53.9 Å². The van der Waals surface area contributed by atoms with Crippen molar-refractivity contribution in [1.82, 2.24) is 20.6 Å². The fraction of sp³-hybridized carbons (Fsp3) is 0.488. The minimum absolute atomic E-state index is 0.130. The smallest absolute Gasteiger partial charge is 0.305 e. The number of hydroxylamine groups is 1. The predicted octanol–water partition coefficient (Wildman–Crippen LogP) is 4.83. The number of nitrogens with one attached hydrogen (secondary N) is 2. The SMILES string of the molecule is CCC1=C(C)C2=CC3=NC(=C(C)C3=CNOCCOCCN=[N+]=[N-])C=C3NC(=C4C(=O)N(CCN5CCOCC5)C(=O)C5=C(C)C(=CC1=N2)N=C54)[C@@H](CCC(=O)OC)[C@@H]3C. The molecule has 0 aliphatic carbocycles. The van der Waals surface area contributed by atoms with Crippen molar-refractivity contribution in [3.05, 3.63) is 102 Å². The van der Waals surface area contributed by atoms with Crippen LogP contribution in [0.1, 0.15) is 53.9 Å². The molecule has 7 aliphatic heterocycles. The maximum atomic E-state index is 14.9. The number of esters is 1. The van der Waals surface area contributed by atoms with Gasteiger partial charge in [0.1, 0.15) is 0 Å². The van der Waals surface area contributed by atoms with Crippen molar-refractivity contribution in [2.24, 2.45) is 31.9 Å². The fourth-order valence-electron chi connectivity index (χ4n) is 8.43. The number of rotatable bonds is 15. The Labute approximate surface area is 349 Å². The van der Waals surface area contributed by atoms with Crippen LogP contribution in [-0.2, 0) is 33.4 Å². The van der Waals surface area contributed by atoms with Crippen LogP contribution in [0.3, 0.4) is 0 Å². The summed E-state index contributed by atoms with van der Waals surface area (Å²) >= 11 is 0. The molecule has 8 bridgehead atoms. The van der Waals surface area contributed by atoms with Crippen LogP contribution in [0.2, 0.25) is 0 Å². The molecule has 17 heteroatoms. The summed E-state index contributed by atoms with van der Waals surface area (Å²) in [5.74, 6) is -1.66. The normalized spacial score (nSPS) is 23.4. The van der Waals surface area contributed by atoms with E-state index in [1.807, 2.05) is 39.0 Å². The quantitative estimate of drug-likeness (QED) is 0.0438. The van der Waals surface area contributed by atoms with Gasteiger partial charge in [-0.25, -0.2) is 15.0 Å². The lowest BCUT2D eigenvalue weighted by molar-refractivity contribution is -0.141. The van der Waals surface area contributed by atoms with Gasteiger partial charge in [-0.1, -0.05) is 19.0 Å². The van der Waals surface area contributed by atoms with Crippen molar-refractivity contribution >= 4 is 34.9 Å². The topological polar surface area (TPSA) is 205 Å². The second-order valence-corrected chi connectivity index (χ2v) is 15.3. The van der Waals surface area contributed by atoms with Gasteiger partial charge in [0.2, 0.25) is 0 Å². The number of morpholine rings is 1. The number of allylic oxidation sites excluding steroid dienone is 10. The molecule has 0 aromatic carbocycles. The standard InChI is InChI=1S/C43H52N10O7/c1-7-28-24(2)32-21-36-30(23-46-60-19-18-58-15-10-45-51-44)26(4)31(48-36)20-33-25(3)29(8-9-37(54)57-6)40(49-33)39-41-38(27(5)34(50-41)22-35(28)47-32)42(55)53(43(39)56)12-11-52-13-16-59-17-14-52/h20-23,25,29,46,49H,7-19H2,1-6H3/t25-,29-/m0/s1. The van der Waals surface area contributed by atoms with Crippen LogP contribution in [0.4, 0.5) is 0 Å². The van der Waals surface area contributed by atoms with E-state index < -0.39 is 5.91 Å². The summed E-state index contributed by atoms with van der Waals surface area (Å²) in [6, 6.07) is 0. The van der Waals surface area contributed by atoms with E-state index in [4.69, 9.17) is 39.6 Å². The Morgan fingerprint density at radius 3 is 2.50 bits per heavy atom. The number of piperidine rings is 1. The highest BCUT2D eigenvalue weighted by atomic mass is 16.7. The molecule has 7 rings (SSSR count). The summed E-state index contributed by atoms with van der Waals surface area (Å²) in [6.45, 7) is 14.5. The molecule has 60 heavy (non-hydrogen) atoms. The van der Waals surface area contributed by atoms with Gasteiger partial charge in [-0.2, -0.15) is 0 Å². The van der Waals surface area contributed by atoms with E-state index in [0.29, 0.717) is 91.0 Å². The third kappa shape index (κ3) is 8.49. The summed E-state index contributed by atoms with van der Waals surface area (Å²) in [5.41, 5.74) is 21.7. The van der Waals surface area contributed by atoms with Gasteiger partial charge < -0.3 is 19.5 Å². The van der Waals surface area contributed by atoms with E-state index >= 15 is 0 Å². The third-order valence-electron chi connectivity index (χ3n) is 11.9. The molecule has 2 N–H and O–H groups in total. The van der Waals surface area contributed by atoms with E-state index in [1.165, 1.54) is 12.0 Å². The molecule has 2 amide bonds. The van der Waals surface area contributed by atoms with E-state index in [0.717, 1.165) is 52.5 Å². The Morgan fingerprint density at radius 1 is 1.00 bits per heavy atom. The average molecular weight is 821 g/mol. The zero-order chi connectivity index (χ0) is 42.5. The molecule has 316 valence electrons. The van der Waals surface area contributed by atoms with Crippen LogP contribution in [0.25, 0.3) is 10.4 Å². The lowest BCUT2D eigenvalue weighted by Gasteiger charge is -2.33. The number of nitrogens with zero attached hydrogens (tertiary/aromatic N) is 8. The number of hydrogen-bond donors (Lipinski definition) is 2. The van der Waals surface area contributed by atoms with Gasteiger partial charge in [-0.3, -0.25) is 34.5 Å². The molecule has 0 unspecified atom stereocenters. The van der Waals surface area contributed by atoms with Crippen LogP contribution in [-0.4, -0.2) is 118 Å². The molecule has 0 radical (unpaired) electrons. The Morgan fingerprint density at radius 2 is 1.75 bits per heavy atom. The Kier molecular flexibility index (Phi) is 13.2. The molecular formula is C43H52N10O7. The Bertz CT molecular complexity index is 2260. The number of likely N-dealkylation sites (tertiary alicyclic amines) is 1. The van der Waals surface area contributed by atoms with Gasteiger partial charge in [-0.05, 0) is 79.7 Å². The van der Waals surface area contributed by atoms with Crippen LogP contribution < -0.4 is 10.8 Å². The second-order valence-electron chi connectivity index (χ2n) is 15.3. The van der Waals surface area contributed by atoms with Gasteiger partial charge >= 0.3 is 5.97 Å². The van der Waals surface area contributed by atoms with Crippen molar-refractivity contribution < 1.29 is 33.4 Å². The Hall–Kier alpha value is -5.71. The monoisotopic (exact) mass is 820 g/mol. The first-order valence-corrected chi connectivity index (χ1v) is 20.5. The molecule has 3 saturated heterocycles. The molecule has 0 aromatic heterocycles. The van der Waals surface area contributed by atoms with Crippen molar-refractivity contribution in [2.75, 3.05) is 72.9 Å². The summed E-state index contributed by atoms with van der Waals surface area (Å²) in [4.78, 5) is 69.3. The number of aliphatic imine (C=N–C) groups is 3. The van der Waals surface area contributed by atoms with Crippen molar-refractivity contribution in [1.29, 1.82) is 0 Å². The van der Waals surface area contributed by atoms with Crippen LogP contribution in [0.15, 0.2) is 112 Å². The summed E-state index contributed by atoms with van der Waals surface area (Å²) < 4.78 is 16.1. The van der Waals surface area contributed by atoms with Gasteiger partial charge in [0.25, 0.3) is 11.8 Å². The highest BCUT2D eigenvalue weighted by Gasteiger charge is 2.47. The van der Waals surface area contributed by atoms with Crippen LogP contribution >= 0.6 is 0 Å². The van der Waals surface area contributed by atoms with E-state index in [2.05, 4.69) is 39.6 Å². The lowest BCUT2D eigenvalue weighted by atomic mass is 9.83. The summed E-state index contributed by atoms with van der Waals surface area (Å²) in [5, 5.41) is 7.09. The molecule has 17 nitrogen and oxygen atoms in total. The van der Waals surface area contributed by atoms with Crippen LogP contribution in [0, 0.1) is 11.8 Å². The van der Waals surface area contributed by atoms with Gasteiger partial charge in [0.15, 0.2) is 0 Å². The van der Waals surface area contributed by atoms with Crippen molar-refractivity contribution in [3.63, 3.8) is 0 Å². The minimum Gasteiger partial charge on any atom is -0.469 e. The zero-order valence-corrected chi connectivity index (χ0v) is 35.1. The first kappa shape index (κ1) is 42.4. The molecule has 2 atom stereocenters. The molecule has 0 spiro atoms. The second kappa shape index (κ2) is 18.7. The van der Waals surface area contributed by atoms with E-state index in [1.54, 1.807) is 6.20 Å². The average Bonchev–Trinajstić information content (AvgIpc) is 3.92. The summed E-state index contributed by atoms with van der Waals surface area (Å²) in [7, 11) is 1.37. The first-order valence-electron chi connectivity index (χ1n) is 20.5. The molecule has 0 saturated carbocycles. The number of fused-ring (bicyclic) bond motifs is 5. The van der Waals surface area contributed by atoms with Crippen LogP contribution in [0.5, 0.6) is 0 Å². The fourth-order valence-corrected chi connectivity index (χ4v) is 8.43. The minimum atomic E-state index is -0.424. The number of azide groups is 1. The molecule has 3 fully saturated rings. The molecular weight excluding hydrogens is 769 g/mol. The first-order chi connectivity index (χ1) is 29.1. The van der Waals surface area contributed by atoms with E-state index in [-0.39, 0.29) is 49.8 Å². The number of carbonyl (C=O) groups is 3. The van der Waals surface area contributed by atoms with Gasteiger partial charge in [-0.15, -0.1) is 0 Å². The Balaban J connectivity index is 1.35. The summed E-state index contributed by atoms with van der Waals surface area (Å²) in [6.07, 6.45) is 8.86. The molecule has 0 aromatic rings. The predicted molar refractivity (Wildman–Crippen MR) is 225 cm³/mol. The third-order valence-corrected chi connectivity index (χ3v) is 11.9. The van der Waals surface area contributed by atoms with Gasteiger partial charge in [0.05, 0.1) is 85.5 Å². The number of imide groups is 1. The maximum absolute atomic E-state index is 14.9. The highest BCUT2D eigenvalue weighted by molar-refractivity contribution is 6.45. The molecule has 7 aliphatic rings. The lowest BCUT2D eigenvalue weighted by Crippen LogP contribution is -2.51. The molecule has 7 heterocycles. The zero-order valence-electron chi connectivity index (χ0n) is 35.1. The van der Waals surface area contributed by atoms with E-state index in [9.17, 15) is 14.4 Å².